The van der Waals surface area contributed by atoms with Crippen molar-refractivity contribution in [2.24, 2.45) is 0 Å². The van der Waals surface area contributed by atoms with Crippen molar-refractivity contribution >= 4 is 15.9 Å². The lowest BCUT2D eigenvalue weighted by Gasteiger charge is -2.00. The molecule has 0 aromatic heterocycles. The Morgan fingerprint density at radius 3 is 2.55 bits per heavy atom. The fourth-order valence-electron chi connectivity index (χ4n) is 0.895. The summed E-state index contributed by atoms with van der Waals surface area (Å²) < 4.78 is 0. The van der Waals surface area contributed by atoms with Crippen molar-refractivity contribution in [3.8, 4) is 0 Å². The summed E-state index contributed by atoms with van der Waals surface area (Å²) in [6.07, 6.45) is 0. The van der Waals surface area contributed by atoms with Gasteiger partial charge < -0.3 is 5.32 Å². The SMILES string of the molecule is BrCCNCc1ccccc1. The minimum Gasteiger partial charge on any atom is -0.312 e. The van der Waals surface area contributed by atoms with Crippen molar-refractivity contribution in [1.29, 1.82) is 0 Å². The zero-order chi connectivity index (χ0) is 7.94. The first-order valence-electron chi connectivity index (χ1n) is 3.74. The molecule has 1 rings (SSSR count). The Morgan fingerprint density at radius 1 is 1.18 bits per heavy atom. The molecule has 60 valence electrons. The molecule has 1 aromatic carbocycles. The first-order chi connectivity index (χ1) is 5.43. The van der Waals surface area contributed by atoms with E-state index in [4.69, 9.17) is 0 Å². The quantitative estimate of drug-likeness (QED) is 0.598. The molecule has 1 N–H and O–H groups in total. The standard InChI is InChI=1S/C9H12BrN/c10-6-7-11-8-9-4-2-1-3-5-9/h1-5,11H,6-8H2. The van der Waals surface area contributed by atoms with Gasteiger partial charge in [0.1, 0.15) is 0 Å². The summed E-state index contributed by atoms with van der Waals surface area (Å²) in [5, 5.41) is 4.32. The van der Waals surface area contributed by atoms with E-state index in [9.17, 15) is 0 Å². The summed E-state index contributed by atoms with van der Waals surface area (Å²) in [6, 6.07) is 10.4. The highest BCUT2D eigenvalue weighted by Crippen LogP contribution is 1.96. The molecule has 11 heavy (non-hydrogen) atoms. The molecule has 0 aliphatic rings. The number of alkyl halides is 1. The Bertz CT molecular complexity index is 186. The monoisotopic (exact) mass is 213 g/mol. The number of hydrogen-bond donors (Lipinski definition) is 1. The van der Waals surface area contributed by atoms with Gasteiger partial charge in [-0.3, -0.25) is 0 Å². The van der Waals surface area contributed by atoms with Gasteiger partial charge in [-0.05, 0) is 5.56 Å². The summed E-state index contributed by atoms with van der Waals surface area (Å²) in [4.78, 5) is 0. The zero-order valence-electron chi connectivity index (χ0n) is 6.39. The summed E-state index contributed by atoms with van der Waals surface area (Å²) in [6.45, 7) is 1.99. The first-order valence-corrected chi connectivity index (χ1v) is 4.86. The third kappa shape index (κ3) is 3.54. The van der Waals surface area contributed by atoms with E-state index in [1.54, 1.807) is 0 Å². The van der Waals surface area contributed by atoms with Gasteiger partial charge in [-0.25, -0.2) is 0 Å². The molecule has 0 atom stereocenters. The van der Waals surface area contributed by atoms with E-state index in [1.165, 1.54) is 5.56 Å². The molecule has 0 bridgehead atoms. The smallest absolute Gasteiger partial charge is 0.0205 e. The molecule has 0 radical (unpaired) electrons. The van der Waals surface area contributed by atoms with E-state index in [1.807, 2.05) is 6.07 Å². The van der Waals surface area contributed by atoms with Crippen LogP contribution in [-0.4, -0.2) is 11.9 Å². The van der Waals surface area contributed by atoms with Crippen LogP contribution in [0.3, 0.4) is 0 Å². The van der Waals surface area contributed by atoms with Crippen LogP contribution in [0.25, 0.3) is 0 Å². The highest BCUT2D eigenvalue weighted by molar-refractivity contribution is 9.09. The molecule has 0 amide bonds. The fourth-order valence-corrected chi connectivity index (χ4v) is 1.18. The van der Waals surface area contributed by atoms with E-state index >= 15 is 0 Å². The predicted octanol–water partition coefficient (Wildman–Crippen LogP) is 2.17. The van der Waals surface area contributed by atoms with Crippen LogP contribution in [0, 0.1) is 0 Å². The molecular weight excluding hydrogens is 202 g/mol. The Morgan fingerprint density at radius 2 is 1.91 bits per heavy atom. The Balaban J connectivity index is 2.28. The normalized spacial score (nSPS) is 9.91. The highest BCUT2D eigenvalue weighted by Gasteiger charge is 1.87. The minimum atomic E-state index is 0.965. The summed E-state index contributed by atoms with van der Waals surface area (Å²) in [5.74, 6) is 0. The average Bonchev–Trinajstić information content (AvgIpc) is 2.07. The van der Waals surface area contributed by atoms with Gasteiger partial charge in [0, 0.05) is 18.4 Å². The Kier molecular flexibility index (Phi) is 4.24. The first kappa shape index (κ1) is 8.75. The van der Waals surface area contributed by atoms with Gasteiger partial charge in [-0.2, -0.15) is 0 Å². The van der Waals surface area contributed by atoms with E-state index in [2.05, 4.69) is 45.5 Å². The van der Waals surface area contributed by atoms with Crippen molar-refractivity contribution in [3.05, 3.63) is 35.9 Å². The molecule has 1 nitrogen and oxygen atoms in total. The molecule has 0 fully saturated rings. The molecule has 0 saturated carbocycles. The molecule has 1 aromatic rings. The summed E-state index contributed by atoms with van der Waals surface area (Å²) in [5.41, 5.74) is 1.34. The predicted molar refractivity (Wildman–Crippen MR) is 51.9 cm³/mol. The lowest BCUT2D eigenvalue weighted by Crippen LogP contribution is -2.15. The van der Waals surface area contributed by atoms with E-state index < -0.39 is 0 Å². The topological polar surface area (TPSA) is 12.0 Å². The van der Waals surface area contributed by atoms with Crippen molar-refractivity contribution in [3.63, 3.8) is 0 Å². The van der Waals surface area contributed by atoms with Gasteiger partial charge in [-0.15, -0.1) is 0 Å². The van der Waals surface area contributed by atoms with Crippen molar-refractivity contribution < 1.29 is 0 Å². The van der Waals surface area contributed by atoms with E-state index in [-0.39, 0.29) is 0 Å². The zero-order valence-corrected chi connectivity index (χ0v) is 7.97. The summed E-state index contributed by atoms with van der Waals surface area (Å²) >= 11 is 3.36. The minimum absolute atomic E-state index is 0.965. The van der Waals surface area contributed by atoms with E-state index in [0.717, 1.165) is 18.4 Å². The number of nitrogens with one attached hydrogen (secondary N) is 1. The number of benzene rings is 1. The highest BCUT2D eigenvalue weighted by atomic mass is 79.9. The molecule has 2 heteroatoms. The van der Waals surface area contributed by atoms with Gasteiger partial charge in [0.05, 0.1) is 0 Å². The van der Waals surface area contributed by atoms with Crippen LogP contribution in [0.2, 0.25) is 0 Å². The average molecular weight is 214 g/mol. The van der Waals surface area contributed by atoms with Crippen LogP contribution >= 0.6 is 15.9 Å². The molecule has 0 heterocycles. The maximum atomic E-state index is 3.36. The number of halogens is 1. The Hall–Kier alpha value is -0.340. The molecule has 0 unspecified atom stereocenters. The number of rotatable bonds is 4. The Labute approximate surface area is 75.9 Å². The second-order valence-electron chi connectivity index (χ2n) is 2.35. The third-order valence-electron chi connectivity index (χ3n) is 1.44. The van der Waals surface area contributed by atoms with Crippen molar-refractivity contribution in [2.75, 3.05) is 11.9 Å². The van der Waals surface area contributed by atoms with Crippen molar-refractivity contribution in [1.82, 2.24) is 5.32 Å². The molecule has 0 aliphatic carbocycles. The molecular formula is C9H12BrN. The van der Waals surface area contributed by atoms with E-state index in [0.29, 0.717) is 0 Å². The third-order valence-corrected chi connectivity index (χ3v) is 1.84. The maximum absolute atomic E-state index is 3.36. The second-order valence-corrected chi connectivity index (χ2v) is 3.14. The van der Waals surface area contributed by atoms with Gasteiger partial charge in [0.2, 0.25) is 0 Å². The lowest BCUT2D eigenvalue weighted by molar-refractivity contribution is 0.734. The van der Waals surface area contributed by atoms with Gasteiger partial charge in [-0.1, -0.05) is 46.3 Å². The second kappa shape index (κ2) is 5.33. The van der Waals surface area contributed by atoms with Crippen LogP contribution < -0.4 is 5.32 Å². The molecule has 0 aliphatic heterocycles. The largest absolute Gasteiger partial charge is 0.312 e. The van der Waals surface area contributed by atoms with Crippen LogP contribution in [0.4, 0.5) is 0 Å². The van der Waals surface area contributed by atoms with Crippen molar-refractivity contribution in [2.45, 2.75) is 6.54 Å². The lowest BCUT2D eigenvalue weighted by atomic mass is 10.2. The fraction of sp³-hybridized carbons (Fsp3) is 0.333. The van der Waals surface area contributed by atoms with Crippen LogP contribution in [0.5, 0.6) is 0 Å². The van der Waals surface area contributed by atoms with Crippen LogP contribution in [-0.2, 0) is 6.54 Å². The van der Waals surface area contributed by atoms with Gasteiger partial charge in [0.25, 0.3) is 0 Å². The van der Waals surface area contributed by atoms with Gasteiger partial charge in [0.15, 0.2) is 0 Å². The number of hydrogen-bond acceptors (Lipinski definition) is 1. The maximum Gasteiger partial charge on any atom is 0.0205 e. The van der Waals surface area contributed by atoms with Crippen LogP contribution in [0.1, 0.15) is 5.56 Å². The van der Waals surface area contributed by atoms with Crippen LogP contribution in [0.15, 0.2) is 30.3 Å². The van der Waals surface area contributed by atoms with Gasteiger partial charge >= 0.3 is 0 Å². The summed E-state index contributed by atoms with van der Waals surface area (Å²) in [7, 11) is 0. The molecule has 0 saturated heterocycles. The molecule has 0 spiro atoms.